The minimum Gasteiger partial charge on any atom is -0.481 e. The summed E-state index contributed by atoms with van der Waals surface area (Å²) in [5.41, 5.74) is 1.00. The fraction of sp³-hybridized carbons (Fsp3) is 0.450. The van der Waals surface area contributed by atoms with Crippen molar-refractivity contribution in [1.82, 2.24) is 14.9 Å². The van der Waals surface area contributed by atoms with Crippen LogP contribution in [0.4, 0.5) is 11.6 Å². The maximum Gasteiger partial charge on any atom is 0.228 e. The molecule has 1 aromatic carbocycles. The van der Waals surface area contributed by atoms with Crippen LogP contribution in [0.1, 0.15) is 6.42 Å². The topological polar surface area (TPSA) is 61.8 Å². The highest BCUT2D eigenvalue weighted by Gasteiger charge is 2.32. The minimum atomic E-state index is 0.231. The lowest BCUT2D eigenvalue weighted by molar-refractivity contribution is -0.117. The molecule has 7 nitrogen and oxygen atoms in total. The quantitative estimate of drug-likeness (QED) is 0.801. The third kappa shape index (κ3) is 4.03. The van der Waals surface area contributed by atoms with Crippen LogP contribution >= 0.6 is 0 Å². The predicted octanol–water partition coefficient (Wildman–Crippen LogP) is 1.66. The Balaban J connectivity index is 1.30. The van der Waals surface area contributed by atoms with Crippen LogP contribution < -0.4 is 14.5 Å². The Hall–Kier alpha value is -2.67. The Labute approximate surface area is 159 Å². The Morgan fingerprint density at radius 3 is 2.63 bits per heavy atom. The summed E-state index contributed by atoms with van der Waals surface area (Å²) in [5, 5.41) is 0. The maximum atomic E-state index is 12.4. The minimum absolute atomic E-state index is 0.231. The van der Waals surface area contributed by atoms with Crippen LogP contribution in [0.2, 0.25) is 0 Å². The highest BCUT2D eigenvalue weighted by Crippen LogP contribution is 2.26. The molecule has 3 heterocycles. The average molecular weight is 367 g/mol. The van der Waals surface area contributed by atoms with Crippen molar-refractivity contribution in [2.24, 2.45) is 5.92 Å². The molecule has 0 radical (unpaired) electrons. The summed E-state index contributed by atoms with van der Waals surface area (Å²) < 4.78 is 5.19. The largest absolute Gasteiger partial charge is 0.481 e. The van der Waals surface area contributed by atoms with Gasteiger partial charge in [0.25, 0.3) is 0 Å². The van der Waals surface area contributed by atoms with Crippen LogP contribution in [0.5, 0.6) is 5.88 Å². The number of carbonyl (C=O) groups is 1. The number of carbonyl (C=O) groups excluding carboxylic acids is 1. The number of benzene rings is 1. The molecule has 2 aliphatic heterocycles. The van der Waals surface area contributed by atoms with Gasteiger partial charge in [-0.3, -0.25) is 9.69 Å². The van der Waals surface area contributed by atoms with Crippen LogP contribution in [0.3, 0.4) is 0 Å². The van der Waals surface area contributed by atoms with Crippen molar-refractivity contribution in [3.05, 3.63) is 42.6 Å². The standard InChI is InChI=1S/C20H25N5O2/c1-27-18-7-8-21-20(22-18)24-11-9-23(10-12-24)14-16-13-19(26)25(15-16)17-5-3-2-4-6-17/h2-8,16H,9-15H2,1H3. The third-order valence-corrected chi connectivity index (χ3v) is 5.27. The van der Waals surface area contributed by atoms with Gasteiger partial charge in [-0.2, -0.15) is 4.98 Å². The molecular weight excluding hydrogens is 342 g/mol. The lowest BCUT2D eigenvalue weighted by Gasteiger charge is -2.35. The van der Waals surface area contributed by atoms with E-state index in [2.05, 4.69) is 19.8 Å². The molecule has 4 rings (SSSR count). The summed E-state index contributed by atoms with van der Waals surface area (Å²) in [6, 6.07) is 11.7. The van der Waals surface area contributed by atoms with Crippen molar-refractivity contribution < 1.29 is 9.53 Å². The van der Waals surface area contributed by atoms with E-state index in [0.717, 1.165) is 50.9 Å². The Bertz CT molecular complexity index is 777. The molecule has 1 atom stereocenters. The number of anilines is 2. The summed E-state index contributed by atoms with van der Waals surface area (Å²) >= 11 is 0. The van der Waals surface area contributed by atoms with Gasteiger partial charge in [0.05, 0.1) is 7.11 Å². The number of piperazine rings is 1. The SMILES string of the molecule is COc1ccnc(N2CCN(CC3CC(=O)N(c4ccccc4)C3)CC2)n1. The van der Waals surface area contributed by atoms with Crippen LogP contribution in [-0.2, 0) is 4.79 Å². The summed E-state index contributed by atoms with van der Waals surface area (Å²) in [4.78, 5) is 27.7. The van der Waals surface area contributed by atoms with Crippen molar-refractivity contribution in [2.75, 3.05) is 56.2 Å². The fourth-order valence-electron chi connectivity index (χ4n) is 3.86. The van der Waals surface area contributed by atoms with Crippen molar-refractivity contribution in [1.29, 1.82) is 0 Å². The lowest BCUT2D eigenvalue weighted by atomic mass is 10.1. The van der Waals surface area contributed by atoms with E-state index in [1.807, 2.05) is 35.2 Å². The zero-order chi connectivity index (χ0) is 18.6. The number of amides is 1. The summed E-state index contributed by atoms with van der Waals surface area (Å²) in [6.45, 7) is 5.45. The Morgan fingerprint density at radius 1 is 1.11 bits per heavy atom. The monoisotopic (exact) mass is 367 g/mol. The van der Waals surface area contributed by atoms with E-state index in [9.17, 15) is 4.79 Å². The molecule has 1 unspecified atom stereocenters. The molecule has 7 heteroatoms. The smallest absolute Gasteiger partial charge is 0.228 e. The van der Waals surface area contributed by atoms with Crippen molar-refractivity contribution in [3.63, 3.8) is 0 Å². The molecule has 2 aliphatic rings. The third-order valence-electron chi connectivity index (χ3n) is 5.27. The highest BCUT2D eigenvalue weighted by atomic mass is 16.5. The van der Waals surface area contributed by atoms with Crippen LogP contribution in [0.25, 0.3) is 0 Å². The summed E-state index contributed by atoms with van der Waals surface area (Å²) in [6.07, 6.45) is 2.37. The number of rotatable bonds is 5. The second kappa shape index (κ2) is 7.92. The molecule has 1 aromatic heterocycles. The average Bonchev–Trinajstić information content (AvgIpc) is 3.09. The summed E-state index contributed by atoms with van der Waals surface area (Å²) in [7, 11) is 1.62. The molecule has 0 N–H and O–H groups in total. The number of hydrogen-bond donors (Lipinski definition) is 0. The van der Waals surface area contributed by atoms with E-state index >= 15 is 0 Å². The van der Waals surface area contributed by atoms with Gasteiger partial charge in [-0.25, -0.2) is 4.98 Å². The van der Waals surface area contributed by atoms with Gasteiger partial charge in [0.2, 0.25) is 17.7 Å². The molecule has 2 saturated heterocycles. The van der Waals surface area contributed by atoms with Gasteiger partial charge in [0.15, 0.2) is 0 Å². The van der Waals surface area contributed by atoms with Gasteiger partial charge in [0, 0.05) is 63.6 Å². The van der Waals surface area contributed by atoms with E-state index in [1.165, 1.54) is 0 Å². The van der Waals surface area contributed by atoms with E-state index in [-0.39, 0.29) is 5.91 Å². The van der Waals surface area contributed by atoms with Crippen LogP contribution in [0, 0.1) is 5.92 Å². The summed E-state index contributed by atoms with van der Waals surface area (Å²) in [5.74, 6) is 1.93. The van der Waals surface area contributed by atoms with E-state index in [1.54, 1.807) is 19.4 Å². The zero-order valence-electron chi connectivity index (χ0n) is 15.6. The predicted molar refractivity (Wildman–Crippen MR) is 104 cm³/mol. The van der Waals surface area contributed by atoms with E-state index in [4.69, 9.17) is 4.74 Å². The molecule has 0 saturated carbocycles. The molecular formula is C20H25N5O2. The Morgan fingerprint density at radius 2 is 1.89 bits per heavy atom. The first-order chi connectivity index (χ1) is 13.2. The maximum absolute atomic E-state index is 12.4. The number of hydrogen-bond acceptors (Lipinski definition) is 6. The molecule has 0 bridgehead atoms. The number of aromatic nitrogens is 2. The first-order valence-electron chi connectivity index (χ1n) is 9.42. The van der Waals surface area contributed by atoms with Gasteiger partial charge >= 0.3 is 0 Å². The first kappa shape index (κ1) is 17.7. The van der Waals surface area contributed by atoms with Crippen LogP contribution in [0.15, 0.2) is 42.6 Å². The lowest BCUT2D eigenvalue weighted by Crippen LogP contribution is -2.48. The molecule has 2 aromatic rings. The first-order valence-corrected chi connectivity index (χ1v) is 9.42. The van der Waals surface area contributed by atoms with Gasteiger partial charge in [-0.1, -0.05) is 18.2 Å². The van der Waals surface area contributed by atoms with E-state index < -0.39 is 0 Å². The molecule has 0 spiro atoms. The molecule has 1 amide bonds. The van der Waals surface area contributed by atoms with Gasteiger partial charge in [-0.05, 0) is 18.1 Å². The number of nitrogens with zero attached hydrogens (tertiary/aromatic N) is 5. The van der Waals surface area contributed by atoms with Crippen molar-refractivity contribution in [2.45, 2.75) is 6.42 Å². The number of methoxy groups -OCH3 is 1. The molecule has 142 valence electrons. The highest BCUT2D eigenvalue weighted by molar-refractivity contribution is 5.95. The van der Waals surface area contributed by atoms with Crippen molar-refractivity contribution in [3.8, 4) is 5.88 Å². The Kier molecular flexibility index (Phi) is 5.20. The second-order valence-corrected chi connectivity index (χ2v) is 7.10. The fourth-order valence-corrected chi connectivity index (χ4v) is 3.86. The molecule has 27 heavy (non-hydrogen) atoms. The van der Waals surface area contributed by atoms with Gasteiger partial charge in [-0.15, -0.1) is 0 Å². The normalized spacial score (nSPS) is 20.9. The van der Waals surface area contributed by atoms with Crippen LogP contribution in [-0.4, -0.2) is 67.2 Å². The van der Waals surface area contributed by atoms with E-state index in [0.29, 0.717) is 18.2 Å². The number of para-hydroxylation sites is 1. The van der Waals surface area contributed by atoms with Gasteiger partial charge in [0.1, 0.15) is 0 Å². The molecule has 0 aliphatic carbocycles. The van der Waals surface area contributed by atoms with Gasteiger partial charge < -0.3 is 14.5 Å². The number of ether oxygens (including phenoxy) is 1. The second-order valence-electron chi connectivity index (χ2n) is 7.10. The zero-order valence-corrected chi connectivity index (χ0v) is 15.6. The molecule has 2 fully saturated rings. The van der Waals surface area contributed by atoms with Crippen molar-refractivity contribution >= 4 is 17.5 Å².